The minimum atomic E-state index is -1.66. The average molecular weight is 1320 g/mol. The zero-order valence-corrected chi connectivity index (χ0v) is 61.0. The van der Waals surface area contributed by atoms with Crippen molar-refractivity contribution < 1.29 is 62.6 Å². The van der Waals surface area contributed by atoms with Crippen molar-refractivity contribution in [2.75, 3.05) is 75.6 Å². The summed E-state index contributed by atoms with van der Waals surface area (Å²) in [6.45, 7) is 31.9. The summed E-state index contributed by atoms with van der Waals surface area (Å²) in [5.41, 5.74) is 0. The minimum absolute atomic E-state index is 0.00423. The SMILES string of the molecule is C/C=C/C[C@@H](C)[C@@H](O)[C@H]1C(=O)N[C@@H](CC)C(=O)N(C)[C@H](OCCN2CCCC2)C(=O)N(C)[C@@H](CC(C)C)C(=O)N[C@@H](C(C)C)C(=O)N(C)[C@@H](CC(C)C)C(=O)N[C@@H](C)C(=O)N[C@H](C)C(=O)N(C)[C@@H](CC(C)C)C(=O)N(C)[C@@H](CC(C)C)C(=O)N(C)[C@@H](C(C)C)C(=O)N1C. The Morgan fingerprint density at radius 3 is 1.37 bits per heavy atom. The van der Waals surface area contributed by atoms with E-state index in [1.54, 1.807) is 54.5 Å². The molecule has 2 heterocycles. The Morgan fingerprint density at radius 1 is 0.473 bits per heavy atom. The summed E-state index contributed by atoms with van der Waals surface area (Å²) >= 11 is 0. The Hall–Kier alpha value is -6.21. The van der Waals surface area contributed by atoms with Crippen LogP contribution in [0.15, 0.2) is 12.2 Å². The molecule has 2 aliphatic rings. The van der Waals surface area contributed by atoms with Crippen molar-refractivity contribution in [3.05, 3.63) is 12.2 Å². The number of amides is 11. The van der Waals surface area contributed by atoms with Gasteiger partial charge in [-0.1, -0.05) is 109 Å². The number of ether oxygens (including phenoxy) is 1. The Bertz CT molecular complexity index is 2540. The molecule has 25 nitrogen and oxygen atoms in total. The summed E-state index contributed by atoms with van der Waals surface area (Å²) in [5, 5.41) is 23.4. The van der Waals surface area contributed by atoms with Crippen LogP contribution in [0.3, 0.4) is 0 Å². The highest BCUT2D eigenvalue weighted by atomic mass is 16.5. The highest BCUT2D eigenvalue weighted by Gasteiger charge is 2.47. The number of hydrogen-bond donors (Lipinski definition) is 5. The van der Waals surface area contributed by atoms with Gasteiger partial charge in [0, 0.05) is 55.9 Å². The first-order valence-corrected chi connectivity index (χ1v) is 33.9. The lowest BCUT2D eigenvalue weighted by Crippen LogP contribution is -2.64. The number of rotatable bonds is 19. The molecule has 532 valence electrons. The van der Waals surface area contributed by atoms with E-state index in [0.29, 0.717) is 13.0 Å². The van der Waals surface area contributed by atoms with Gasteiger partial charge < -0.3 is 70.3 Å². The fraction of sp³-hybridized carbons (Fsp3) is 0.809. The van der Waals surface area contributed by atoms with Crippen LogP contribution in [-0.2, 0) is 57.5 Å². The van der Waals surface area contributed by atoms with Crippen LogP contribution in [0.4, 0.5) is 0 Å². The van der Waals surface area contributed by atoms with E-state index in [1.165, 1.54) is 87.7 Å². The van der Waals surface area contributed by atoms with E-state index < -0.39 is 155 Å². The van der Waals surface area contributed by atoms with E-state index in [0.717, 1.165) is 35.7 Å². The number of aliphatic hydroxyl groups is 1. The molecule has 93 heavy (non-hydrogen) atoms. The standard InChI is InChI=1S/C68H122N12O13/c1-25-27-30-45(15)56(81)55-60(85)71-48(26-2)62(87)79(24)68(93-34-33-80-31-28-29-32-80)67(92)74(19)50(36-40(5)6)59(84)72-53(43(11)12)65(90)73(18)49(35-39(3)4)58(83)69-46(16)57(82)70-47(17)61(86)75(20)51(37-41(7)8)63(88)76(21)52(38-42(9)10)64(89)77(22)54(44(13)14)66(91)78(55)23/h25,27,39-56,68,81H,26,28-38H2,1-24H3,(H,69,83)(H,70,82)(H,71,85)(H,72,84)/b27-25+/t45-,46+,47-,48+,49+,50+,51+,52+,53+,54+,55+,56-,68-/m1/s1. The number of nitrogens with zero attached hydrogens (tertiary/aromatic N) is 8. The maximum Gasteiger partial charge on any atom is 0.273 e. The normalized spacial score (nSPS) is 27.5. The number of likely N-dealkylation sites (tertiary alicyclic amines) is 1. The van der Waals surface area contributed by atoms with Crippen molar-refractivity contribution in [3.63, 3.8) is 0 Å². The van der Waals surface area contributed by atoms with E-state index in [1.807, 2.05) is 61.5 Å². The lowest BCUT2D eigenvalue weighted by molar-refractivity contribution is -0.168. The molecule has 5 N–H and O–H groups in total. The van der Waals surface area contributed by atoms with Gasteiger partial charge in [-0.2, -0.15) is 0 Å². The molecule has 0 spiro atoms. The first-order valence-electron chi connectivity index (χ1n) is 33.9. The number of carbonyl (C=O) groups is 11. The maximum absolute atomic E-state index is 15.3. The van der Waals surface area contributed by atoms with Gasteiger partial charge in [-0.05, 0) is 127 Å². The summed E-state index contributed by atoms with van der Waals surface area (Å²) in [7, 11) is 9.92. The third-order valence-corrected chi connectivity index (χ3v) is 18.1. The molecule has 0 radical (unpaired) electrons. The number of nitrogens with one attached hydrogen (secondary N) is 4. The summed E-state index contributed by atoms with van der Waals surface area (Å²) in [6, 6.07) is -12.7. The Balaban J connectivity index is 3.09. The third-order valence-electron chi connectivity index (χ3n) is 18.1. The van der Waals surface area contributed by atoms with Crippen LogP contribution in [0.1, 0.15) is 169 Å². The van der Waals surface area contributed by atoms with Crippen LogP contribution >= 0.6 is 0 Å². The molecule has 25 heteroatoms. The maximum atomic E-state index is 15.3. The highest BCUT2D eigenvalue weighted by molar-refractivity contribution is 6.00. The molecule has 0 bridgehead atoms. The van der Waals surface area contributed by atoms with Gasteiger partial charge in [0.2, 0.25) is 65.3 Å². The van der Waals surface area contributed by atoms with Gasteiger partial charge in [0.1, 0.15) is 60.4 Å². The highest BCUT2D eigenvalue weighted by Crippen LogP contribution is 2.26. The molecule has 2 fully saturated rings. The second-order valence-corrected chi connectivity index (χ2v) is 28.6. The molecule has 0 unspecified atom stereocenters. The predicted octanol–water partition coefficient (Wildman–Crippen LogP) is 3.71. The van der Waals surface area contributed by atoms with Crippen molar-refractivity contribution in [2.24, 2.45) is 41.4 Å². The van der Waals surface area contributed by atoms with Crippen LogP contribution in [0.2, 0.25) is 0 Å². The second kappa shape index (κ2) is 38.4. The molecule has 0 aromatic carbocycles. The molecule has 11 amide bonds. The van der Waals surface area contributed by atoms with E-state index in [9.17, 15) is 29.1 Å². The first-order chi connectivity index (χ1) is 43.2. The summed E-state index contributed by atoms with van der Waals surface area (Å²) in [4.78, 5) is 174. The van der Waals surface area contributed by atoms with Gasteiger partial charge in [-0.25, -0.2) is 0 Å². The Labute approximate surface area is 556 Å². The molecule has 2 aliphatic heterocycles. The summed E-state index contributed by atoms with van der Waals surface area (Å²) in [6.07, 6.45) is 3.15. The van der Waals surface area contributed by atoms with Crippen molar-refractivity contribution in [1.82, 2.24) is 60.5 Å². The van der Waals surface area contributed by atoms with Crippen LogP contribution in [-0.4, -0.2) is 258 Å². The van der Waals surface area contributed by atoms with Crippen molar-refractivity contribution in [2.45, 2.75) is 242 Å². The first kappa shape index (κ1) is 82.9. The fourth-order valence-electron chi connectivity index (χ4n) is 12.2. The predicted molar refractivity (Wildman–Crippen MR) is 359 cm³/mol. The number of carbonyl (C=O) groups excluding carboxylic acids is 11. The van der Waals surface area contributed by atoms with Crippen LogP contribution < -0.4 is 21.3 Å². The summed E-state index contributed by atoms with van der Waals surface area (Å²) < 4.78 is 6.39. The molecule has 0 aliphatic carbocycles. The second-order valence-electron chi connectivity index (χ2n) is 28.6. The molecule has 0 saturated carbocycles. The third kappa shape index (κ3) is 23.3. The molecule has 0 aromatic rings. The van der Waals surface area contributed by atoms with E-state index >= 15 is 28.8 Å². The van der Waals surface area contributed by atoms with Crippen molar-refractivity contribution in [1.29, 1.82) is 0 Å². The number of likely N-dealkylation sites (N-methyl/N-ethyl adjacent to an activating group) is 7. The monoisotopic (exact) mass is 1310 g/mol. The Morgan fingerprint density at radius 2 is 0.903 bits per heavy atom. The lowest BCUT2D eigenvalue weighted by atomic mass is 9.91. The van der Waals surface area contributed by atoms with Crippen LogP contribution in [0, 0.1) is 41.4 Å². The topological polar surface area (TPSA) is 291 Å². The lowest BCUT2D eigenvalue weighted by Gasteiger charge is -2.41. The van der Waals surface area contributed by atoms with E-state index in [2.05, 4.69) is 26.2 Å². The number of hydrogen-bond acceptors (Lipinski definition) is 14. The average Bonchev–Trinajstić information content (AvgIpc) is 1.18. The van der Waals surface area contributed by atoms with Gasteiger partial charge in [-0.15, -0.1) is 0 Å². The number of allylic oxidation sites excluding steroid dienone is 2. The Kier molecular flexibility index (Phi) is 34.2. The zero-order chi connectivity index (χ0) is 71.4. The smallest absolute Gasteiger partial charge is 0.273 e. The van der Waals surface area contributed by atoms with Gasteiger partial charge in [-0.3, -0.25) is 52.7 Å². The molecular weight excluding hydrogens is 1190 g/mol. The van der Waals surface area contributed by atoms with Crippen molar-refractivity contribution in [3.8, 4) is 0 Å². The summed E-state index contributed by atoms with van der Waals surface area (Å²) in [5.74, 6) is -10.2. The van der Waals surface area contributed by atoms with Crippen LogP contribution in [0.5, 0.6) is 0 Å². The fourth-order valence-corrected chi connectivity index (χ4v) is 12.2. The molecule has 0 aromatic heterocycles. The minimum Gasteiger partial charge on any atom is -0.390 e. The molecular formula is C68H122N12O13. The quantitative estimate of drug-likeness (QED) is 0.115. The van der Waals surface area contributed by atoms with Gasteiger partial charge in [0.05, 0.1) is 12.7 Å². The van der Waals surface area contributed by atoms with Gasteiger partial charge in [0.15, 0.2) is 0 Å². The van der Waals surface area contributed by atoms with E-state index in [-0.39, 0.29) is 62.4 Å². The molecule has 13 atom stereocenters. The molecule has 2 saturated heterocycles. The largest absolute Gasteiger partial charge is 0.390 e. The van der Waals surface area contributed by atoms with E-state index in [4.69, 9.17) is 4.74 Å². The molecule has 2 rings (SSSR count). The van der Waals surface area contributed by atoms with Gasteiger partial charge in [0.25, 0.3) is 5.91 Å². The van der Waals surface area contributed by atoms with Crippen molar-refractivity contribution >= 4 is 65.0 Å². The van der Waals surface area contributed by atoms with Gasteiger partial charge >= 0.3 is 0 Å². The van der Waals surface area contributed by atoms with Crippen LogP contribution in [0.25, 0.3) is 0 Å². The zero-order valence-electron chi connectivity index (χ0n) is 61.0. The number of aliphatic hydroxyl groups excluding tert-OH is 1.